The Kier molecular flexibility index (Phi) is 3.92. The second kappa shape index (κ2) is 5.87. The molecular formula is C16H10BrN3OS. The minimum absolute atomic E-state index is 0.203. The van der Waals surface area contributed by atoms with E-state index in [2.05, 4.69) is 27.1 Å². The van der Waals surface area contributed by atoms with Gasteiger partial charge < -0.3 is 0 Å². The Labute approximate surface area is 139 Å². The summed E-state index contributed by atoms with van der Waals surface area (Å²) in [6.45, 7) is 1.42. The van der Waals surface area contributed by atoms with Crippen molar-refractivity contribution in [2.45, 2.75) is 6.92 Å². The Morgan fingerprint density at radius 2 is 2.05 bits per heavy atom. The molecule has 0 spiro atoms. The highest BCUT2D eigenvalue weighted by molar-refractivity contribution is 9.10. The first-order valence-electron chi connectivity index (χ1n) is 6.45. The average Bonchev–Trinajstić information content (AvgIpc) is 3.14. The Bertz CT molecular complexity index is 874. The van der Waals surface area contributed by atoms with Crippen LogP contribution < -0.4 is 0 Å². The van der Waals surface area contributed by atoms with Crippen molar-refractivity contribution in [3.63, 3.8) is 0 Å². The number of hydrogen-bond donors (Lipinski definition) is 0. The predicted octanol–water partition coefficient (Wildman–Crippen LogP) is 4.44. The number of aromatic nitrogens is 2. The Morgan fingerprint density at radius 1 is 1.32 bits per heavy atom. The zero-order valence-electron chi connectivity index (χ0n) is 11.6. The first-order chi connectivity index (χ1) is 10.6. The zero-order valence-corrected chi connectivity index (χ0v) is 14.0. The summed E-state index contributed by atoms with van der Waals surface area (Å²) in [5, 5.41) is 15.8. The Balaban J connectivity index is 2.32. The molecule has 0 aliphatic carbocycles. The van der Waals surface area contributed by atoms with Gasteiger partial charge in [0.1, 0.15) is 23.0 Å². The van der Waals surface area contributed by atoms with Crippen LogP contribution >= 0.6 is 27.3 Å². The number of nitriles is 1. The number of benzene rings is 1. The van der Waals surface area contributed by atoms with E-state index in [9.17, 15) is 10.1 Å². The maximum absolute atomic E-state index is 11.8. The van der Waals surface area contributed by atoms with E-state index in [4.69, 9.17) is 0 Å². The van der Waals surface area contributed by atoms with Crippen molar-refractivity contribution >= 4 is 33.0 Å². The van der Waals surface area contributed by atoms with Crippen molar-refractivity contribution < 1.29 is 4.79 Å². The van der Waals surface area contributed by atoms with Crippen LogP contribution in [0.3, 0.4) is 0 Å². The summed E-state index contributed by atoms with van der Waals surface area (Å²) < 4.78 is 2.61. The maximum Gasteiger partial charge on any atom is 0.181 e. The van der Waals surface area contributed by atoms with Crippen LogP contribution in [0.4, 0.5) is 0 Å². The van der Waals surface area contributed by atoms with Crippen molar-refractivity contribution in [3.05, 3.63) is 57.5 Å². The van der Waals surface area contributed by atoms with Gasteiger partial charge in [0.2, 0.25) is 0 Å². The van der Waals surface area contributed by atoms with E-state index >= 15 is 0 Å². The lowest BCUT2D eigenvalue weighted by molar-refractivity contribution is 0.101. The monoisotopic (exact) mass is 371 g/mol. The molecule has 6 heteroatoms. The minimum atomic E-state index is -0.217. The molecule has 0 unspecified atom stereocenters. The fourth-order valence-corrected chi connectivity index (χ4v) is 3.21. The molecule has 0 amide bonds. The summed E-state index contributed by atoms with van der Waals surface area (Å²) in [4.78, 5) is 12.7. The summed E-state index contributed by atoms with van der Waals surface area (Å²) in [6, 6.07) is 13.5. The van der Waals surface area contributed by atoms with Gasteiger partial charge in [-0.25, -0.2) is 4.68 Å². The molecule has 22 heavy (non-hydrogen) atoms. The highest BCUT2D eigenvalue weighted by atomic mass is 79.9. The quantitative estimate of drug-likeness (QED) is 0.639. The van der Waals surface area contributed by atoms with E-state index in [1.165, 1.54) is 18.3 Å². The second-order valence-corrected chi connectivity index (χ2v) is 6.47. The van der Waals surface area contributed by atoms with Gasteiger partial charge in [0, 0.05) is 11.4 Å². The van der Waals surface area contributed by atoms with Crippen molar-refractivity contribution in [2.24, 2.45) is 0 Å². The fourth-order valence-electron chi connectivity index (χ4n) is 2.18. The van der Waals surface area contributed by atoms with E-state index in [1.807, 2.05) is 41.8 Å². The number of halogens is 1. The highest BCUT2D eigenvalue weighted by Gasteiger charge is 2.23. The molecule has 4 nitrogen and oxygen atoms in total. The normalized spacial score (nSPS) is 10.4. The molecule has 2 heterocycles. The zero-order chi connectivity index (χ0) is 15.7. The van der Waals surface area contributed by atoms with E-state index in [1.54, 1.807) is 4.68 Å². The molecule has 0 saturated carbocycles. The molecule has 0 N–H and O–H groups in total. The van der Waals surface area contributed by atoms with Crippen molar-refractivity contribution in [1.82, 2.24) is 9.78 Å². The third-order valence-electron chi connectivity index (χ3n) is 3.16. The molecule has 1 aromatic carbocycles. The van der Waals surface area contributed by atoms with Crippen LogP contribution in [0.15, 0.2) is 46.3 Å². The number of thiophene rings is 1. The predicted molar refractivity (Wildman–Crippen MR) is 89.3 cm³/mol. The van der Waals surface area contributed by atoms with Crippen LogP contribution in [0.25, 0.3) is 16.3 Å². The number of carbonyl (C=O) groups is 1. The largest absolute Gasteiger partial charge is 0.293 e. The fraction of sp³-hybridized carbons (Fsp3) is 0.0625. The number of Topliss-reactive ketones (excluding diaryl/α,β-unsaturated/α-hetero) is 1. The van der Waals surface area contributed by atoms with Crippen molar-refractivity contribution in [1.29, 1.82) is 5.26 Å². The summed E-state index contributed by atoms with van der Waals surface area (Å²) in [5.74, 6) is -0.217. The molecule has 3 aromatic rings. The summed E-state index contributed by atoms with van der Waals surface area (Å²) in [7, 11) is 0. The van der Waals surface area contributed by atoms with Crippen LogP contribution in [0.1, 0.15) is 23.0 Å². The van der Waals surface area contributed by atoms with E-state index < -0.39 is 0 Å². The molecule has 0 radical (unpaired) electrons. The third-order valence-corrected chi connectivity index (χ3v) is 4.56. The molecule has 0 aliphatic heterocycles. The number of nitrogens with zero attached hydrogens (tertiary/aromatic N) is 3. The SMILES string of the molecule is CC(=O)c1nn(-c2ccc(Br)cc2)c(-c2cccs2)c1C#N. The van der Waals surface area contributed by atoms with E-state index in [0.29, 0.717) is 11.3 Å². The molecule has 0 aliphatic rings. The minimum Gasteiger partial charge on any atom is -0.293 e. The molecule has 0 atom stereocenters. The van der Waals surface area contributed by atoms with Gasteiger partial charge in [0.15, 0.2) is 5.78 Å². The first-order valence-corrected chi connectivity index (χ1v) is 8.13. The van der Waals surface area contributed by atoms with Crippen molar-refractivity contribution in [2.75, 3.05) is 0 Å². The number of rotatable bonds is 3. The third kappa shape index (κ3) is 2.49. The van der Waals surface area contributed by atoms with E-state index in [-0.39, 0.29) is 11.5 Å². The number of ketones is 1. The van der Waals surface area contributed by atoms with Crippen LogP contribution in [0, 0.1) is 11.3 Å². The topological polar surface area (TPSA) is 58.7 Å². The molecule has 108 valence electrons. The second-order valence-electron chi connectivity index (χ2n) is 4.61. The molecule has 0 bridgehead atoms. The molecular weight excluding hydrogens is 362 g/mol. The molecule has 0 fully saturated rings. The molecule has 2 aromatic heterocycles. The van der Waals surface area contributed by atoms with Gasteiger partial charge in [-0.15, -0.1) is 11.3 Å². The number of carbonyl (C=O) groups excluding carboxylic acids is 1. The highest BCUT2D eigenvalue weighted by Crippen LogP contribution is 2.32. The van der Waals surface area contributed by atoms with Crippen molar-refractivity contribution in [3.8, 4) is 22.3 Å². The number of hydrogen-bond acceptors (Lipinski definition) is 4. The summed E-state index contributed by atoms with van der Waals surface area (Å²) in [6.07, 6.45) is 0. The van der Waals surface area contributed by atoms with Crippen LogP contribution in [0.5, 0.6) is 0 Å². The summed E-state index contributed by atoms with van der Waals surface area (Å²) in [5.41, 5.74) is 1.98. The average molecular weight is 372 g/mol. The van der Waals surface area contributed by atoms with Crippen LogP contribution in [0.2, 0.25) is 0 Å². The van der Waals surface area contributed by atoms with Crippen LogP contribution in [-0.2, 0) is 0 Å². The maximum atomic E-state index is 11.8. The Hall–Kier alpha value is -2.23. The Morgan fingerprint density at radius 3 is 2.59 bits per heavy atom. The lowest BCUT2D eigenvalue weighted by Gasteiger charge is -2.06. The smallest absolute Gasteiger partial charge is 0.181 e. The van der Waals surface area contributed by atoms with Gasteiger partial charge in [-0.2, -0.15) is 10.4 Å². The molecule has 3 rings (SSSR count). The van der Waals surface area contributed by atoms with Gasteiger partial charge in [0.05, 0.1) is 10.6 Å². The van der Waals surface area contributed by atoms with Crippen LogP contribution in [-0.4, -0.2) is 15.6 Å². The van der Waals surface area contributed by atoms with Gasteiger partial charge >= 0.3 is 0 Å². The van der Waals surface area contributed by atoms with Gasteiger partial charge in [0.25, 0.3) is 0 Å². The van der Waals surface area contributed by atoms with Gasteiger partial charge in [-0.3, -0.25) is 4.79 Å². The lowest BCUT2D eigenvalue weighted by Crippen LogP contribution is -2.00. The van der Waals surface area contributed by atoms with Gasteiger partial charge in [-0.1, -0.05) is 22.0 Å². The standard InChI is InChI=1S/C16H10BrN3OS/c1-10(21)15-13(9-18)16(14-3-2-8-22-14)20(19-15)12-6-4-11(17)5-7-12/h2-8H,1H3. The summed E-state index contributed by atoms with van der Waals surface area (Å²) >= 11 is 4.91. The first kappa shape index (κ1) is 14.7. The van der Waals surface area contributed by atoms with E-state index in [0.717, 1.165) is 15.0 Å². The molecule has 0 saturated heterocycles. The lowest BCUT2D eigenvalue weighted by atomic mass is 10.1. The van der Waals surface area contributed by atoms with Gasteiger partial charge in [-0.05, 0) is 35.7 Å².